The highest BCUT2D eigenvalue weighted by molar-refractivity contribution is 5.92. The number of nitrogens with one attached hydrogen (secondary N) is 3. The van der Waals surface area contributed by atoms with E-state index in [1.165, 1.54) is 0 Å². The van der Waals surface area contributed by atoms with Gasteiger partial charge in [0.2, 0.25) is 11.9 Å². The van der Waals surface area contributed by atoms with Crippen LogP contribution in [0.5, 0.6) is 0 Å². The average Bonchev–Trinajstić information content (AvgIpc) is 2.16. The van der Waals surface area contributed by atoms with E-state index in [0.717, 1.165) is 0 Å². The molecule has 1 rings (SSSR count). The third-order valence-corrected chi connectivity index (χ3v) is 1.42. The molecule has 13 heavy (non-hydrogen) atoms. The first-order valence-electron chi connectivity index (χ1n) is 3.84. The zero-order valence-electron chi connectivity index (χ0n) is 7.84. The van der Waals surface area contributed by atoms with Crippen LogP contribution in [0, 0.1) is 5.41 Å². The van der Waals surface area contributed by atoms with Gasteiger partial charge in [-0.05, 0) is 6.92 Å². The molecule has 70 valence electrons. The van der Waals surface area contributed by atoms with Crippen LogP contribution in [0.4, 0.5) is 11.9 Å². The molecule has 0 saturated carbocycles. The van der Waals surface area contributed by atoms with Crippen LogP contribution >= 0.6 is 0 Å². The Morgan fingerprint density at radius 3 is 1.85 bits per heavy atom. The van der Waals surface area contributed by atoms with E-state index in [0.29, 0.717) is 23.4 Å². The third kappa shape index (κ3) is 2.11. The second kappa shape index (κ2) is 3.79. The summed E-state index contributed by atoms with van der Waals surface area (Å²) < 4.78 is 0. The molecule has 0 aromatic carbocycles. The molecule has 6 nitrogen and oxygen atoms in total. The molecule has 0 aliphatic rings. The molecule has 0 aliphatic carbocycles. The number of hydrogen-bond acceptors (Lipinski definition) is 6. The first kappa shape index (κ1) is 9.37. The molecule has 0 bridgehead atoms. The van der Waals surface area contributed by atoms with E-state index in [1.807, 2.05) is 0 Å². The van der Waals surface area contributed by atoms with Crippen LogP contribution in [0.15, 0.2) is 0 Å². The van der Waals surface area contributed by atoms with Crippen LogP contribution in [0.25, 0.3) is 0 Å². The van der Waals surface area contributed by atoms with Crippen molar-refractivity contribution in [3.63, 3.8) is 0 Å². The Morgan fingerprint density at radius 1 is 1.08 bits per heavy atom. The Bertz CT molecular complexity index is 299. The van der Waals surface area contributed by atoms with Gasteiger partial charge in [0, 0.05) is 14.1 Å². The summed E-state index contributed by atoms with van der Waals surface area (Å²) in [5.41, 5.74) is 0.315. The minimum Gasteiger partial charge on any atom is -0.357 e. The van der Waals surface area contributed by atoms with E-state index < -0.39 is 0 Å². The summed E-state index contributed by atoms with van der Waals surface area (Å²) >= 11 is 0. The van der Waals surface area contributed by atoms with Gasteiger partial charge in [0.15, 0.2) is 5.82 Å². The van der Waals surface area contributed by atoms with Crippen LogP contribution < -0.4 is 10.6 Å². The lowest BCUT2D eigenvalue weighted by Crippen LogP contribution is -2.09. The molecule has 6 heteroatoms. The van der Waals surface area contributed by atoms with E-state index >= 15 is 0 Å². The van der Waals surface area contributed by atoms with Gasteiger partial charge in [0.05, 0.1) is 5.71 Å². The largest absolute Gasteiger partial charge is 0.357 e. The Kier molecular flexibility index (Phi) is 2.73. The van der Waals surface area contributed by atoms with E-state index in [1.54, 1.807) is 21.0 Å². The summed E-state index contributed by atoms with van der Waals surface area (Å²) in [5.74, 6) is 1.30. The summed E-state index contributed by atoms with van der Waals surface area (Å²) in [6.07, 6.45) is 0. The van der Waals surface area contributed by atoms with Gasteiger partial charge in [-0.25, -0.2) is 0 Å². The van der Waals surface area contributed by atoms with Crippen molar-refractivity contribution in [2.24, 2.45) is 0 Å². The number of aromatic nitrogens is 3. The van der Waals surface area contributed by atoms with E-state index in [4.69, 9.17) is 5.41 Å². The maximum absolute atomic E-state index is 7.37. The van der Waals surface area contributed by atoms with E-state index in [-0.39, 0.29) is 0 Å². The van der Waals surface area contributed by atoms with Crippen LogP contribution in [0.2, 0.25) is 0 Å². The zero-order valence-corrected chi connectivity index (χ0v) is 7.84. The minimum absolute atomic E-state index is 0.315. The molecule has 0 spiro atoms. The van der Waals surface area contributed by atoms with Crippen molar-refractivity contribution in [1.29, 1.82) is 5.41 Å². The summed E-state index contributed by atoms with van der Waals surface area (Å²) in [4.78, 5) is 12.0. The molecule has 1 aromatic rings. The lowest BCUT2D eigenvalue weighted by molar-refractivity contribution is 1.02. The minimum atomic E-state index is 0.315. The van der Waals surface area contributed by atoms with Crippen molar-refractivity contribution >= 4 is 17.6 Å². The van der Waals surface area contributed by atoms with Gasteiger partial charge in [0.1, 0.15) is 0 Å². The van der Waals surface area contributed by atoms with Crippen LogP contribution in [0.1, 0.15) is 12.7 Å². The van der Waals surface area contributed by atoms with Gasteiger partial charge < -0.3 is 16.0 Å². The molecule has 1 heterocycles. The topological polar surface area (TPSA) is 86.6 Å². The third-order valence-electron chi connectivity index (χ3n) is 1.42. The Balaban J connectivity index is 3.14. The van der Waals surface area contributed by atoms with E-state index in [2.05, 4.69) is 25.6 Å². The predicted molar refractivity (Wildman–Crippen MR) is 51.4 cm³/mol. The SMILES string of the molecule is CNc1nc(NC)nc(C(C)=N)n1. The van der Waals surface area contributed by atoms with Gasteiger partial charge in [0.25, 0.3) is 0 Å². The fourth-order valence-corrected chi connectivity index (χ4v) is 0.767. The molecule has 0 aliphatic heterocycles. The number of nitrogens with zero attached hydrogens (tertiary/aromatic N) is 3. The summed E-state index contributed by atoms with van der Waals surface area (Å²) in [6, 6.07) is 0. The molecular weight excluding hydrogens is 168 g/mol. The number of hydrogen-bond donors (Lipinski definition) is 3. The standard InChI is InChI=1S/C7H12N6/c1-4(8)5-11-6(9-2)13-7(10-3)12-5/h8H,1-3H3,(H2,9,10,11,12,13). The van der Waals surface area contributed by atoms with Gasteiger partial charge in [-0.3, -0.25) is 0 Å². The van der Waals surface area contributed by atoms with E-state index in [9.17, 15) is 0 Å². The first-order chi connectivity index (χ1) is 6.17. The monoisotopic (exact) mass is 180 g/mol. The van der Waals surface area contributed by atoms with Crippen molar-refractivity contribution in [2.45, 2.75) is 6.92 Å². The quantitative estimate of drug-likeness (QED) is 0.584. The summed E-state index contributed by atoms with van der Waals surface area (Å²) in [7, 11) is 3.44. The Morgan fingerprint density at radius 2 is 1.54 bits per heavy atom. The Labute approximate surface area is 76.3 Å². The Hall–Kier alpha value is -1.72. The van der Waals surface area contributed by atoms with Gasteiger partial charge in [-0.1, -0.05) is 0 Å². The second-order valence-corrected chi connectivity index (χ2v) is 2.43. The van der Waals surface area contributed by atoms with Crippen LogP contribution in [-0.2, 0) is 0 Å². The van der Waals surface area contributed by atoms with Gasteiger partial charge in [-0.15, -0.1) is 0 Å². The van der Waals surface area contributed by atoms with Crippen molar-refractivity contribution in [2.75, 3.05) is 24.7 Å². The van der Waals surface area contributed by atoms with Gasteiger partial charge in [-0.2, -0.15) is 15.0 Å². The van der Waals surface area contributed by atoms with Crippen molar-refractivity contribution < 1.29 is 0 Å². The maximum Gasteiger partial charge on any atom is 0.227 e. The molecule has 0 radical (unpaired) electrons. The van der Waals surface area contributed by atoms with Crippen molar-refractivity contribution in [3.05, 3.63) is 5.82 Å². The molecule has 0 saturated heterocycles. The molecule has 0 amide bonds. The zero-order chi connectivity index (χ0) is 9.84. The molecule has 0 unspecified atom stereocenters. The second-order valence-electron chi connectivity index (χ2n) is 2.43. The highest BCUT2D eigenvalue weighted by Crippen LogP contribution is 2.04. The lowest BCUT2D eigenvalue weighted by Gasteiger charge is -2.04. The van der Waals surface area contributed by atoms with Gasteiger partial charge >= 0.3 is 0 Å². The number of rotatable bonds is 3. The molecule has 0 fully saturated rings. The fraction of sp³-hybridized carbons (Fsp3) is 0.429. The summed E-state index contributed by atoms with van der Waals surface area (Å²) in [5, 5.41) is 13.0. The number of anilines is 2. The first-order valence-corrected chi connectivity index (χ1v) is 3.84. The fourth-order valence-electron chi connectivity index (χ4n) is 0.767. The summed E-state index contributed by atoms with van der Waals surface area (Å²) in [6.45, 7) is 1.63. The molecule has 3 N–H and O–H groups in total. The highest BCUT2D eigenvalue weighted by Gasteiger charge is 2.04. The molecule has 1 aromatic heterocycles. The average molecular weight is 180 g/mol. The van der Waals surface area contributed by atoms with Crippen LogP contribution in [-0.4, -0.2) is 34.8 Å². The highest BCUT2D eigenvalue weighted by atomic mass is 15.2. The molecule has 0 atom stereocenters. The smallest absolute Gasteiger partial charge is 0.227 e. The van der Waals surface area contributed by atoms with Crippen molar-refractivity contribution in [3.8, 4) is 0 Å². The molecular formula is C7H12N6. The van der Waals surface area contributed by atoms with Crippen molar-refractivity contribution in [1.82, 2.24) is 15.0 Å². The maximum atomic E-state index is 7.37. The lowest BCUT2D eigenvalue weighted by atomic mass is 10.4. The van der Waals surface area contributed by atoms with Crippen LogP contribution in [0.3, 0.4) is 0 Å². The predicted octanol–water partition coefficient (Wildman–Crippen LogP) is 0.343. The normalized spacial score (nSPS) is 9.46.